The highest BCUT2D eigenvalue weighted by Crippen LogP contribution is 2.12. The molecule has 0 atom stereocenters. The Kier molecular flexibility index (Phi) is 9.46. The van der Waals surface area contributed by atoms with E-state index in [1.807, 2.05) is 37.3 Å². The SMILES string of the molecule is CCOCCCNC(=NCc1ccc(OC)cc1)NCc1cc(C#N)ccc1F. The molecule has 6 nitrogen and oxygen atoms in total. The van der Waals surface area contributed by atoms with E-state index in [1.54, 1.807) is 13.2 Å². The van der Waals surface area contributed by atoms with Crippen LogP contribution >= 0.6 is 0 Å². The molecule has 29 heavy (non-hydrogen) atoms. The largest absolute Gasteiger partial charge is 0.497 e. The van der Waals surface area contributed by atoms with Gasteiger partial charge >= 0.3 is 0 Å². The molecule has 0 spiro atoms. The van der Waals surface area contributed by atoms with Gasteiger partial charge < -0.3 is 20.1 Å². The van der Waals surface area contributed by atoms with Crippen molar-refractivity contribution in [1.82, 2.24) is 10.6 Å². The molecule has 2 rings (SSSR count). The lowest BCUT2D eigenvalue weighted by molar-refractivity contribution is 0.145. The summed E-state index contributed by atoms with van der Waals surface area (Å²) in [6.45, 7) is 4.67. The van der Waals surface area contributed by atoms with Crippen molar-refractivity contribution in [2.75, 3.05) is 26.9 Å². The number of nitriles is 1. The van der Waals surface area contributed by atoms with Gasteiger partial charge in [0, 0.05) is 31.9 Å². The van der Waals surface area contributed by atoms with Gasteiger partial charge in [-0.25, -0.2) is 9.38 Å². The zero-order valence-corrected chi connectivity index (χ0v) is 16.9. The van der Waals surface area contributed by atoms with Gasteiger partial charge in [-0.3, -0.25) is 0 Å². The number of hydrogen-bond acceptors (Lipinski definition) is 4. The van der Waals surface area contributed by atoms with Crippen LogP contribution in [0.15, 0.2) is 47.5 Å². The molecule has 0 fully saturated rings. The van der Waals surface area contributed by atoms with Gasteiger partial charge in [0.05, 0.1) is 25.3 Å². The molecule has 0 radical (unpaired) electrons. The second-order valence-corrected chi connectivity index (χ2v) is 6.26. The minimum Gasteiger partial charge on any atom is -0.497 e. The normalized spacial score (nSPS) is 11.0. The predicted octanol–water partition coefficient (Wildman–Crippen LogP) is 3.37. The van der Waals surface area contributed by atoms with Gasteiger partial charge in [-0.05, 0) is 49.2 Å². The van der Waals surface area contributed by atoms with E-state index in [1.165, 1.54) is 12.1 Å². The molecule has 2 aromatic rings. The third-order valence-electron chi connectivity index (χ3n) is 4.16. The predicted molar refractivity (Wildman–Crippen MR) is 111 cm³/mol. The van der Waals surface area contributed by atoms with Crippen LogP contribution in [0.2, 0.25) is 0 Å². The fourth-order valence-corrected chi connectivity index (χ4v) is 2.56. The second kappa shape index (κ2) is 12.4. The second-order valence-electron chi connectivity index (χ2n) is 6.26. The molecular formula is C22H27FN4O2. The molecule has 0 saturated carbocycles. The van der Waals surface area contributed by atoms with Crippen LogP contribution in [0, 0.1) is 17.1 Å². The van der Waals surface area contributed by atoms with Crippen molar-refractivity contribution in [3.8, 4) is 11.8 Å². The molecule has 0 unspecified atom stereocenters. The smallest absolute Gasteiger partial charge is 0.191 e. The standard InChI is InChI=1S/C22H27FN4O2/c1-3-29-12-4-11-25-22(26-15-17-5-8-20(28-2)9-6-17)27-16-19-13-18(14-24)7-10-21(19)23/h5-10,13H,3-4,11-12,15-16H2,1-2H3,(H2,25,26,27). The van der Waals surface area contributed by atoms with Crippen LogP contribution in [-0.4, -0.2) is 32.8 Å². The van der Waals surface area contributed by atoms with Gasteiger partial charge in [-0.1, -0.05) is 12.1 Å². The number of methoxy groups -OCH3 is 1. The maximum atomic E-state index is 14.0. The van der Waals surface area contributed by atoms with Crippen molar-refractivity contribution in [2.45, 2.75) is 26.4 Å². The van der Waals surface area contributed by atoms with Gasteiger partial charge in [-0.15, -0.1) is 0 Å². The lowest BCUT2D eigenvalue weighted by atomic mass is 10.1. The van der Waals surface area contributed by atoms with E-state index < -0.39 is 0 Å². The van der Waals surface area contributed by atoms with Gasteiger partial charge in [0.1, 0.15) is 11.6 Å². The van der Waals surface area contributed by atoms with E-state index in [4.69, 9.17) is 14.7 Å². The minimum atomic E-state index is -0.359. The van der Waals surface area contributed by atoms with Crippen LogP contribution in [0.1, 0.15) is 30.0 Å². The molecule has 0 aromatic heterocycles. The summed E-state index contributed by atoms with van der Waals surface area (Å²) in [4.78, 5) is 4.58. The number of nitrogens with one attached hydrogen (secondary N) is 2. The van der Waals surface area contributed by atoms with Crippen LogP contribution in [0.5, 0.6) is 5.75 Å². The first-order valence-electron chi connectivity index (χ1n) is 9.57. The Hall–Kier alpha value is -3.11. The van der Waals surface area contributed by atoms with Crippen LogP contribution in [0.3, 0.4) is 0 Å². The topological polar surface area (TPSA) is 78.7 Å². The Morgan fingerprint density at radius 1 is 1.17 bits per heavy atom. The number of hydrogen-bond donors (Lipinski definition) is 2. The fraction of sp³-hybridized carbons (Fsp3) is 0.364. The molecular weight excluding hydrogens is 371 g/mol. The summed E-state index contributed by atoms with van der Waals surface area (Å²) < 4.78 is 24.5. The zero-order valence-electron chi connectivity index (χ0n) is 16.9. The van der Waals surface area contributed by atoms with Crippen LogP contribution in [0.4, 0.5) is 4.39 Å². The Balaban J connectivity index is 2.02. The van der Waals surface area contributed by atoms with E-state index in [0.717, 1.165) is 17.7 Å². The summed E-state index contributed by atoms with van der Waals surface area (Å²) in [7, 11) is 1.63. The Morgan fingerprint density at radius 3 is 2.66 bits per heavy atom. The fourth-order valence-electron chi connectivity index (χ4n) is 2.56. The first-order valence-corrected chi connectivity index (χ1v) is 9.57. The molecule has 154 valence electrons. The first-order chi connectivity index (χ1) is 14.2. The molecule has 2 aromatic carbocycles. The molecule has 0 bridgehead atoms. The molecule has 0 aliphatic rings. The molecule has 0 heterocycles. The van der Waals surface area contributed by atoms with Gasteiger partial charge in [0.2, 0.25) is 0 Å². The number of halogens is 1. The van der Waals surface area contributed by atoms with Crippen LogP contribution in [0.25, 0.3) is 0 Å². The maximum Gasteiger partial charge on any atom is 0.191 e. The van der Waals surface area contributed by atoms with E-state index in [2.05, 4.69) is 15.6 Å². The van der Waals surface area contributed by atoms with Crippen molar-refractivity contribution in [3.63, 3.8) is 0 Å². The number of guanidine groups is 1. The number of ether oxygens (including phenoxy) is 2. The van der Waals surface area contributed by atoms with E-state index in [0.29, 0.717) is 43.4 Å². The lowest BCUT2D eigenvalue weighted by Gasteiger charge is -2.13. The van der Waals surface area contributed by atoms with E-state index >= 15 is 0 Å². The lowest BCUT2D eigenvalue weighted by Crippen LogP contribution is -2.38. The number of rotatable bonds is 10. The summed E-state index contributed by atoms with van der Waals surface area (Å²) in [5.74, 6) is 0.999. The van der Waals surface area contributed by atoms with Crippen molar-refractivity contribution in [2.24, 2.45) is 4.99 Å². The average Bonchev–Trinajstić information content (AvgIpc) is 2.76. The van der Waals surface area contributed by atoms with Crippen molar-refractivity contribution in [3.05, 3.63) is 65.0 Å². The Labute approximate surface area is 171 Å². The summed E-state index contributed by atoms with van der Waals surface area (Å²) in [5, 5.41) is 15.4. The van der Waals surface area contributed by atoms with Gasteiger partial charge in [0.15, 0.2) is 5.96 Å². The monoisotopic (exact) mass is 398 g/mol. The highest BCUT2D eigenvalue weighted by Gasteiger charge is 2.06. The average molecular weight is 398 g/mol. The number of nitrogens with zero attached hydrogens (tertiary/aromatic N) is 2. The summed E-state index contributed by atoms with van der Waals surface area (Å²) in [6.07, 6.45) is 0.829. The highest BCUT2D eigenvalue weighted by molar-refractivity contribution is 5.79. The molecule has 0 amide bonds. The van der Waals surface area contributed by atoms with Crippen molar-refractivity contribution >= 4 is 5.96 Å². The molecule has 0 aliphatic heterocycles. The third-order valence-corrected chi connectivity index (χ3v) is 4.16. The zero-order chi connectivity index (χ0) is 20.9. The minimum absolute atomic E-state index is 0.223. The van der Waals surface area contributed by atoms with Gasteiger partial charge in [-0.2, -0.15) is 5.26 Å². The molecule has 0 aliphatic carbocycles. The quantitative estimate of drug-likeness (QED) is 0.364. The summed E-state index contributed by atoms with van der Waals surface area (Å²) in [5.41, 5.74) is 1.86. The van der Waals surface area contributed by atoms with Crippen molar-refractivity contribution in [1.29, 1.82) is 5.26 Å². The molecule has 0 saturated heterocycles. The Morgan fingerprint density at radius 2 is 1.97 bits per heavy atom. The van der Waals surface area contributed by atoms with Crippen molar-refractivity contribution < 1.29 is 13.9 Å². The Bertz CT molecular complexity index is 832. The molecule has 2 N–H and O–H groups in total. The highest BCUT2D eigenvalue weighted by atomic mass is 19.1. The number of benzene rings is 2. The summed E-state index contributed by atoms with van der Waals surface area (Å²) >= 11 is 0. The van der Waals surface area contributed by atoms with Crippen LogP contribution < -0.4 is 15.4 Å². The summed E-state index contributed by atoms with van der Waals surface area (Å²) in [6, 6.07) is 14.0. The van der Waals surface area contributed by atoms with Crippen LogP contribution in [-0.2, 0) is 17.8 Å². The van der Waals surface area contributed by atoms with Gasteiger partial charge in [0.25, 0.3) is 0 Å². The molecule has 7 heteroatoms. The third kappa shape index (κ3) is 7.80. The maximum absolute atomic E-state index is 14.0. The number of aliphatic imine (C=N–C) groups is 1. The van der Waals surface area contributed by atoms with E-state index in [-0.39, 0.29) is 12.4 Å². The first kappa shape index (κ1) is 22.2. The van der Waals surface area contributed by atoms with E-state index in [9.17, 15) is 4.39 Å².